The molecule has 0 aromatic rings. The second-order valence-corrected chi connectivity index (χ2v) is 5.39. The number of carbonyl (C=O) groups excluding carboxylic acids is 2. The average molecular weight is 301 g/mol. The monoisotopic (exact) mass is 301 g/mol. The number of β-amino-alcohol motifs (C(OH)–C–C–N with tert-alkyl or cyclic N) is 1. The molecule has 1 rings (SSSR count). The number of carboxylic acids is 1. The number of aliphatic hydroxyl groups is 1. The van der Waals surface area contributed by atoms with Crippen LogP contribution < -0.4 is 0 Å². The van der Waals surface area contributed by atoms with Crippen LogP contribution in [0.2, 0.25) is 0 Å². The summed E-state index contributed by atoms with van der Waals surface area (Å²) < 4.78 is 0. The van der Waals surface area contributed by atoms with Crippen molar-refractivity contribution in [2.45, 2.75) is 31.9 Å². The number of carbonyl (C=O) groups is 3. The molecule has 8 heteroatoms. The predicted octanol–water partition coefficient (Wildman–Crippen LogP) is -0.574. The van der Waals surface area contributed by atoms with Gasteiger partial charge in [-0.2, -0.15) is 0 Å². The first-order chi connectivity index (χ1) is 9.77. The SMILES string of the molecule is CCCN(CC(=O)N(C)C)C(=O)N1C[C@@H](O)C[C@H]1C(=O)O. The molecule has 2 atom stereocenters. The number of likely N-dealkylation sites (tertiary alicyclic amines) is 1. The molecule has 1 aliphatic heterocycles. The highest BCUT2D eigenvalue weighted by atomic mass is 16.4. The molecule has 1 saturated heterocycles. The zero-order valence-corrected chi connectivity index (χ0v) is 12.7. The summed E-state index contributed by atoms with van der Waals surface area (Å²) in [5, 5.41) is 18.7. The normalized spacial score (nSPS) is 21.2. The van der Waals surface area contributed by atoms with Crippen LogP contribution in [0.25, 0.3) is 0 Å². The van der Waals surface area contributed by atoms with E-state index in [1.807, 2.05) is 6.92 Å². The van der Waals surface area contributed by atoms with Crippen molar-refractivity contribution in [3.05, 3.63) is 0 Å². The number of rotatable bonds is 5. The number of aliphatic hydroxyl groups excluding tert-OH is 1. The predicted molar refractivity (Wildman–Crippen MR) is 74.7 cm³/mol. The molecule has 0 bridgehead atoms. The van der Waals surface area contributed by atoms with Crippen LogP contribution in [-0.4, -0.2) is 88.7 Å². The van der Waals surface area contributed by atoms with Crippen LogP contribution >= 0.6 is 0 Å². The maximum atomic E-state index is 12.5. The third-order valence-corrected chi connectivity index (χ3v) is 3.40. The van der Waals surface area contributed by atoms with Gasteiger partial charge in [-0.25, -0.2) is 9.59 Å². The van der Waals surface area contributed by atoms with Crippen LogP contribution in [0.5, 0.6) is 0 Å². The minimum Gasteiger partial charge on any atom is -0.480 e. The summed E-state index contributed by atoms with van der Waals surface area (Å²) >= 11 is 0. The molecule has 0 aliphatic carbocycles. The van der Waals surface area contributed by atoms with Crippen molar-refractivity contribution in [1.82, 2.24) is 14.7 Å². The van der Waals surface area contributed by atoms with Crippen molar-refractivity contribution in [2.24, 2.45) is 0 Å². The largest absolute Gasteiger partial charge is 0.480 e. The number of urea groups is 1. The molecule has 0 radical (unpaired) electrons. The number of hydrogen-bond acceptors (Lipinski definition) is 4. The summed E-state index contributed by atoms with van der Waals surface area (Å²) in [6.45, 7) is 2.11. The van der Waals surface area contributed by atoms with Crippen molar-refractivity contribution in [1.29, 1.82) is 0 Å². The third kappa shape index (κ3) is 4.32. The number of amides is 3. The Morgan fingerprint density at radius 2 is 1.90 bits per heavy atom. The van der Waals surface area contributed by atoms with Gasteiger partial charge in [0, 0.05) is 33.6 Å². The van der Waals surface area contributed by atoms with Gasteiger partial charge in [0.2, 0.25) is 5.91 Å². The molecule has 1 fully saturated rings. The molecule has 0 spiro atoms. The summed E-state index contributed by atoms with van der Waals surface area (Å²) in [7, 11) is 3.19. The molecule has 0 aromatic carbocycles. The quantitative estimate of drug-likeness (QED) is 0.708. The summed E-state index contributed by atoms with van der Waals surface area (Å²) in [5.74, 6) is -1.38. The van der Waals surface area contributed by atoms with Crippen molar-refractivity contribution in [3.8, 4) is 0 Å². The lowest BCUT2D eigenvalue weighted by Crippen LogP contribution is -2.51. The first-order valence-electron chi connectivity index (χ1n) is 6.94. The standard InChI is InChI=1S/C13H23N3O5/c1-4-5-15(8-11(18)14(2)3)13(21)16-7-9(17)6-10(16)12(19)20/h9-10,17H,4-8H2,1-3H3,(H,19,20)/t9-,10-/m0/s1. The Bertz CT molecular complexity index is 413. The van der Waals surface area contributed by atoms with E-state index in [4.69, 9.17) is 5.11 Å². The van der Waals surface area contributed by atoms with Gasteiger partial charge in [-0.3, -0.25) is 4.79 Å². The van der Waals surface area contributed by atoms with E-state index < -0.39 is 24.1 Å². The van der Waals surface area contributed by atoms with Gasteiger partial charge in [-0.05, 0) is 6.42 Å². The van der Waals surface area contributed by atoms with E-state index in [-0.39, 0.29) is 25.4 Å². The lowest BCUT2D eigenvalue weighted by Gasteiger charge is -2.30. The maximum Gasteiger partial charge on any atom is 0.326 e. The molecule has 8 nitrogen and oxygen atoms in total. The third-order valence-electron chi connectivity index (χ3n) is 3.40. The molecule has 1 aliphatic rings. The topological polar surface area (TPSA) is 101 Å². The summed E-state index contributed by atoms with van der Waals surface area (Å²) in [6.07, 6.45) is -0.174. The van der Waals surface area contributed by atoms with Gasteiger partial charge in [0.05, 0.1) is 6.10 Å². The van der Waals surface area contributed by atoms with Crippen LogP contribution in [-0.2, 0) is 9.59 Å². The molecule has 0 unspecified atom stereocenters. The van der Waals surface area contributed by atoms with E-state index in [0.717, 1.165) is 4.90 Å². The highest BCUT2D eigenvalue weighted by Crippen LogP contribution is 2.20. The first kappa shape index (κ1) is 17.2. The smallest absolute Gasteiger partial charge is 0.326 e. The molecule has 3 amide bonds. The average Bonchev–Trinajstić information content (AvgIpc) is 2.79. The van der Waals surface area contributed by atoms with Crippen molar-refractivity contribution >= 4 is 17.9 Å². The molecule has 0 saturated carbocycles. The minimum absolute atomic E-state index is 0.0165. The molecule has 21 heavy (non-hydrogen) atoms. The van der Waals surface area contributed by atoms with Gasteiger partial charge in [0.25, 0.3) is 0 Å². The maximum absolute atomic E-state index is 12.5. The number of likely N-dealkylation sites (N-methyl/N-ethyl adjacent to an activating group) is 1. The fourth-order valence-electron chi connectivity index (χ4n) is 2.26. The van der Waals surface area contributed by atoms with Crippen molar-refractivity contribution in [2.75, 3.05) is 33.7 Å². The van der Waals surface area contributed by atoms with E-state index in [9.17, 15) is 19.5 Å². The zero-order chi connectivity index (χ0) is 16.2. The molecular weight excluding hydrogens is 278 g/mol. The number of carboxylic acid groups (broad SMARTS) is 1. The summed E-state index contributed by atoms with van der Waals surface area (Å²) in [4.78, 5) is 39.2. The Hall–Kier alpha value is -1.83. The molecular formula is C13H23N3O5. The van der Waals surface area contributed by atoms with Crippen molar-refractivity contribution < 1.29 is 24.6 Å². The van der Waals surface area contributed by atoms with Gasteiger partial charge >= 0.3 is 12.0 Å². The fourth-order valence-corrected chi connectivity index (χ4v) is 2.26. The lowest BCUT2D eigenvalue weighted by molar-refractivity contribution is -0.141. The highest BCUT2D eigenvalue weighted by Gasteiger charge is 2.40. The van der Waals surface area contributed by atoms with Gasteiger partial charge in [0.15, 0.2) is 0 Å². The van der Waals surface area contributed by atoms with Gasteiger partial charge in [0.1, 0.15) is 12.6 Å². The van der Waals surface area contributed by atoms with E-state index in [1.165, 1.54) is 9.80 Å². The molecule has 0 aromatic heterocycles. The van der Waals surface area contributed by atoms with Crippen LogP contribution in [0, 0.1) is 0 Å². The van der Waals surface area contributed by atoms with Crippen molar-refractivity contribution in [3.63, 3.8) is 0 Å². The number of hydrogen-bond donors (Lipinski definition) is 2. The number of nitrogens with zero attached hydrogens (tertiary/aromatic N) is 3. The first-order valence-corrected chi connectivity index (χ1v) is 6.94. The molecule has 2 N–H and O–H groups in total. The van der Waals surface area contributed by atoms with E-state index in [2.05, 4.69) is 0 Å². The van der Waals surface area contributed by atoms with E-state index in [1.54, 1.807) is 14.1 Å². The van der Waals surface area contributed by atoms with E-state index >= 15 is 0 Å². The second kappa shape index (κ2) is 7.26. The van der Waals surface area contributed by atoms with Crippen LogP contribution in [0.3, 0.4) is 0 Å². The zero-order valence-electron chi connectivity index (χ0n) is 12.7. The Balaban J connectivity index is 2.84. The fraction of sp³-hybridized carbons (Fsp3) is 0.769. The molecule has 1 heterocycles. The van der Waals surface area contributed by atoms with Gasteiger partial charge in [-0.1, -0.05) is 6.92 Å². The Morgan fingerprint density at radius 3 is 2.38 bits per heavy atom. The highest BCUT2D eigenvalue weighted by molar-refractivity contribution is 5.87. The van der Waals surface area contributed by atoms with Crippen LogP contribution in [0.1, 0.15) is 19.8 Å². The minimum atomic E-state index is -1.14. The second-order valence-electron chi connectivity index (χ2n) is 5.39. The van der Waals surface area contributed by atoms with Gasteiger partial charge in [-0.15, -0.1) is 0 Å². The Morgan fingerprint density at radius 1 is 1.29 bits per heavy atom. The number of aliphatic carboxylic acids is 1. The Labute approximate surface area is 123 Å². The lowest BCUT2D eigenvalue weighted by atomic mass is 10.2. The Kier molecular flexibility index (Phi) is 5.95. The molecule has 120 valence electrons. The van der Waals surface area contributed by atoms with Crippen LogP contribution in [0.4, 0.5) is 4.79 Å². The summed E-state index contributed by atoms with van der Waals surface area (Å²) in [5.41, 5.74) is 0. The van der Waals surface area contributed by atoms with Gasteiger partial charge < -0.3 is 24.9 Å². The van der Waals surface area contributed by atoms with Crippen LogP contribution in [0.15, 0.2) is 0 Å². The summed E-state index contributed by atoms with van der Waals surface area (Å²) in [6, 6.07) is -1.56. The van der Waals surface area contributed by atoms with E-state index in [0.29, 0.717) is 13.0 Å².